The summed E-state index contributed by atoms with van der Waals surface area (Å²) < 4.78 is 9.69. The van der Waals surface area contributed by atoms with Gasteiger partial charge in [-0.25, -0.2) is 19.6 Å². The number of aliphatic carboxylic acids is 1. The van der Waals surface area contributed by atoms with E-state index in [0.29, 0.717) is 11.4 Å². The Bertz CT molecular complexity index is 2650. The van der Waals surface area contributed by atoms with Crippen molar-refractivity contribution in [3.05, 3.63) is 252 Å². The number of imidazole rings is 2. The quantitative estimate of drug-likeness (QED) is 0.0824. The van der Waals surface area contributed by atoms with Crippen LogP contribution < -0.4 is 10.6 Å². The first kappa shape index (κ1) is 44.6. The Morgan fingerprint density at radius 3 is 1.09 bits per heavy atom. The number of carboxylic acids is 1. The molecule has 66 heavy (non-hydrogen) atoms. The molecule has 11 nitrogen and oxygen atoms in total. The van der Waals surface area contributed by atoms with Gasteiger partial charge in [0, 0.05) is 36.6 Å². The third-order valence-electron chi connectivity index (χ3n) is 11.8. The number of rotatable bonds is 16. The molecule has 0 aliphatic rings. The number of benzene rings is 6. The average Bonchev–Trinajstić information content (AvgIpc) is 4.01. The van der Waals surface area contributed by atoms with Gasteiger partial charge in [0.25, 0.3) is 0 Å². The standard InChI is InChI=1S/C55H52N6O5/c1-53(2,3)66-52(65)59-48(34-46-36-56-38-60(46)54(40-22-10-4-11-23-40,41-24-12-5-13-25-41)42-26-14-6-15-27-42)50(62)58-49(51(63)64)35-47-37-57-39-61(47)55(43-28-16-7-17-29-43,44-30-18-8-19-31-44)45-32-20-9-21-33-45/h4-33,36-39,48-49H,34-35H2,1-3H3,(H,58,62)(H,59,65)(H,63,64)/t48-,49-/m0/s1. The van der Waals surface area contributed by atoms with Gasteiger partial charge in [-0.2, -0.15) is 0 Å². The summed E-state index contributed by atoms with van der Waals surface area (Å²) in [6.45, 7) is 5.19. The Balaban J connectivity index is 1.19. The highest BCUT2D eigenvalue weighted by atomic mass is 16.6. The molecule has 3 N–H and O–H groups in total. The van der Waals surface area contributed by atoms with Crippen molar-refractivity contribution in [3.8, 4) is 0 Å². The van der Waals surface area contributed by atoms with Crippen LogP contribution >= 0.6 is 0 Å². The predicted molar refractivity (Wildman–Crippen MR) is 254 cm³/mol. The fourth-order valence-corrected chi connectivity index (χ4v) is 9.01. The SMILES string of the molecule is CC(C)(C)OC(=O)N[C@@H](Cc1cncn1C(c1ccccc1)(c1ccccc1)c1ccccc1)C(=O)N[C@@H](Cc1cncn1C(c1ccccc1)(c1ccccc1)c1ccccc1)C(=O)O. The molecule has 0 spiro atoms. The molecule has 0 aliphatic heterocycles. The summed E-state index contributed by atoms with van der Waals surface area (Å²) in [4.78, 5) is 51.1. The fraction of sp³-hybridized carbons (Fsp3) is 0.182. The van der Waals surface area contributed by atoms with Gasteiger partial charge in [0.05, 0.1) is 12.7 Å². The zero-order chi connectivity index (χ0) is 46.2. The number of aromatic nitrogens is 4. The van der Waals surface area contributed by atoms with Crippen LogP contribution in [0.2, 0.25) is 0 Å². The number of amides is 2. The highest BCUT2D eigenvalue weighted by Gasteiger charge is 2.42. The molecule has 2 atom stereocenters. The maximum absolute atomic E-state index is 14.8. The number of nitrogens with zero attached hydrogens (tertiary/aromatic N) is 4. The molecule has 0 saturated heterocycles. The maximum atomic E-state index is 14.8. The van der Waals surface area contributed by atoms with Gasteiger partial charge in [-0.05, 0) is 54.2 Å². The first-order valence-electron chi connectivity index (χ1n) is 21.9. The summed E-state index contributed by atoms with van der Waals surface area (Å²) in [7, 11) is 0. The lowest BCUT2D eigenvalue weighted by Gasteiger charge is -2.39. The molecule has 2 aromatic heterocycles. The lowest BCUT2D eigenvalue weighted by molar-refractivity contribution is -0.142. The number of hydrogen-bond donors (Lipinski definition) is 3. The summed E-state index contributed by atoms with van der Waals surface area (Å²) in [5, 5.41) is 16.5. The Morgan fingerprint density at radius 2 is 0.803 bits per heavy atom. The molecule has 8 aromatic rings. The molecule has 332 valence electrons. The third kappa shape index (κ3) is 9.01. The minimum Gasteiger partial charge on any atom is -0.480 e. The van der Waals surface area contributed by atoms with Gasteiger partial charge in [-0.1, -0.05) is 182 Å². The Hall–Kier alpha value is -8.05. The van der Waals surface area contributed by atoms with Gasteiger partial charge in [0.15, 0.2) is 0 Å². The Morgan fingerprint density at radius 1 is 0.500 bits per heavy atom. The second-order valence-corrected chi connectivity index (χ2v) is 17.1. The van der Waals surface area contributed by atoms with Crippen molar-refractivity contribution < 1.29 is 24.2 Å². The van der Waals surface area contributed by atoms with Crippen LogP contribution in [0.15, 0.2) is 207 Å². The third-order valence-corrected chi connectivity index (χ3v) is 11.8. The van der Waals surface area contributed by atoms with Gasteiger partial charge < -0.3 is 29.6 Å². The van der Waals surface area contributed by atoms with E-state index < -0.39 is 46.7 Å². The molecule has 0 fully saturated rings. The second-order valence-electron chi connectivity index (χ2n) is 17.1. The number of carbonyl (C=O) groups excluding carboxylic acids is 2. The van der Waals surface area contributed by atoms with Crippen molar-refractivity contribution >= 4 is 18.0 Å². The zero-order valence-electron chi connectivity index (χ0n) is 37.1. The van der Waals surface area contributed by atoms with Gasteiger partial charge in [-0.15, -0.1) is 0 Å². The molecule has 6 aromatic carbocycles. The number of alkyl carbamates (subject to hydrolysis) is 1. The summed E-state index contributed by atoms with van der Waals surface area (Å²) >= 11 is 0. The van der Waals surface area contributed by atoms with Gasteiger partial charge in [-0.3, -0.25) is 4.79 Å². The number of hydrogen-bond acceptors (Lipinski definition) is 6. The molecule has 0 saturated carbocycles. The van der Waals surface area contributed by atoms with E-state index >= 15 is 0 Å². The van der Waals surface area contributed by atoms with Crippen molar-refractivity contribution in [1.82, 2.24) is 29.7 Å². The molecular formula is C55H52N6O5. The zero-order valence-corrected chi connectivity index (χ0v) is 37.1. The molecule has 0 bridgehead atoms. The summed E-state index contributed by atoms with van der Waals surface area (Å²) in [5.74, 6) is -1.99. The minimum atomic E-state index is -1.45. The van der Waals surface area contributed by atoms with Crippen molar-refractivity contribution in [2.45, 2.75) is 62.4 Å². The van der Waals surface area contributed by atoms with Crippen LogP contribution in [-0.4, -0.2) is 59.9 Å². The predicted octanol–water partition coefficient (Wildman–Crippen LogP) is 9.01. The van der Waals surface area contributed by atoms with Crippen LogP contribution in [-0.2, 0) is 38.2 Å². The summed E-state index contributed by atoms with van der Waals surface area (Å²) in [5.41, 5.74) is 3.86. The van der Waals surface area contributed by atoms with E-state index in [1.807, 2.05) is 155 Å². The molecule has 8 rings (SSSR count). The highest BCUT2D eigenvalue weighted by molar-refractivity contribution is 5.89. The van der Waals surface area contributed by atoms with Gasteiger partial charge in [0.2, 0.25) is 5.91 Å². The summed E-state index contributed by atoms with van der Waals surface area (Å²) in [6.07, 6.45) is 5.67. The van der Waals surface area contributed by atoms with E-state index in [1.165, 1.54) is 0 Å². The smallest absolute Gasteiger partial charge is 0.408 e. The number of carbonyl (C=O) groups is 3. The normalized spacial score (nSPS) is 12.7. The van der Waals surface area contributed by atoms with Crippen LogP contribution in [0, 0.1) is 0 Å². The van der Waals surface area contributed by atoms with Crippen LogP contribution in [0.1, 0.15) is 65.5 Å². The minimum absolute atomic E-state index is 0.0806. The molecule has 0 radical (unpaired) electrons. The van der Waals surface area contributed by atoms with E-state index in [2.05, 4.69) is 57.0 Å². The Kier molecular flexibility index (Phi) is 13.1. The second kappa shape index (κ2) is 19.4. The average molecular weight is 877 g/mol. The van der Waals surface area contributed by atoms with E-state index in [0.717, 1.165) is 33.4 Å². The van der Waals surface area contributed by atoms with E-state index in [9.17, 15) is 19.5 Å². The Labute approximate surface area is 384 Å². The molecule has 2 amide bonds. The molecule has 11 heteroatoms. The van der Waals surface area contributed by atoms with Crippen molar-refractivity contribution in [1.29, 1.82) is 0 Å². The monoisotopic (exact) mass is 876 g/mol. The molecule has 0 unspecified atom stereocenters. The van der Waals surface area contributed by atoms with Crippen molar-refractivity contribution in [2.24, 2.45) is 0 Å². The first-order valence-corrected chi connectivity index (χ1v) is 21.9. The van der Waals surface area contributed by atoms with E-state index in [4.69, 9.17) is 4.74 Å². The number of ether oxygens (including phenoxy) is 1. The number of nitrogens with one attached hydrogen (secondary N) is 2. The van der Waals surface area contributed by atoms with Gasteiger partial charge in [0.1, 0.15) is 28.8 Å². The molecule has 2 heterocycles. The van der Waals surface area contributed by atoms with Gasteiger partial charge >= 0.3 is 12.1 Å². The van der Waals surface area contributed by atoms with Crippen molar-refractivity contribution in [3.63, 3.8) is 0 Å². The maximum Gasteiger partial charge on any atom is 0.408 e. The van der Waals surface area contributed by atoms with Crippen molar-refractivity contribution in [2.75, 3.05) is 0 Å². The highest BCUT2D eigenvalue weighted by Crippen LogP contribution is 2.43. The van der Waals surface area contributed by atoms with E-state index in [-0.39, 0.29) is 12.8 Å². The summed E-state index contributed by atoms with van der Waals surface area (Å²) in [6, 6.07) is 57.3. The number of carboxylic acid groups (broad SMARTS) is 1. The molecular weight excluding hydrogens is 825 g/mol. The van der Waals surface area contributed by atoms with Crippen LogP contribution in [0.5, 0.6) is 0 Å². The molecule has 0 aliphatic carbocycles. The van der Waals surface area contributed by atoms with Crippen LogP contribution in [0.25, 0.3) is 0 Å². The largest absolute Gasteiger partial charge is 0.480 e. The van der Waals surface area contributed by atoms with E-state index in [1.54, 1.807) is 45.8 Å². The fourth-order valence-electron chi connectivity index (χ4n) is 9.01. The van der Waals surface area contributed by atoms with Crippen LogP contribution in [0.3, 0.4) is 0 Å². The first-order chi connectivity index (χ1) is 32.0. The topological polar surface area (TPSA) is 140 Å². The lowest BCUT2D eigenvalue weighted by Crippen LogP contribution is -2.54. The van der Waals surface area contributed by atoms with Crippen LogP contribution in [0.4, 0.5) is 4.79 Å². The lowest BCUT2D eigenvalue weighted by atomic mass is 9.76.